The van der Waals surface area contributed by atoms with Crippen molar-refractivity contribution in [2.75, 3.05) is 31.5 Å². The average Bonchev–Trinajstić information content (AvgIpc) is 1.72. The van der Waals surface area contributed by atoms with E-state index in [1.165, 1.54) is 40.2 Å². The van der Waals surface area contributed by atoms with E-state index < -0.39 is 63.7 Å². The number of aromatic nitrogens is 10. The van der Waals surface area contributed by atoms with Gasteiger partial charge in [0.15, 0.2) is 51.0 Å². The summed E-state index contributed by atoms with van der Waals surface area (Å²) in [6.07, 6.45) is 0.0751. The van der Waals surface area contributed by atoms with E-state index in [1.807, 2.05) is 32.9 Å². The van der Waals surface area contributed by atoms with Crippen LogP contribution < -0.4 is 52.3 Å². The van der Waals surface area contributed by atoms with E-state index >= 15 is 0 Å². The fourth-order valence-electron chi connectivity index (χ4n) is 8.02. The van der Waals surface area contributed by atoms with Crippen LogP contribution in [0.5, 0.6) is 0 Å². The SMILES string of the molecule is CC(=N)N.CCOC(=O)C(F)C(C)=O.COC(=O)c1ccc([C@H](C)N)cc1.COC(=O)c1ccc([C@H](C)Nc2nc(C)nc(C)c2F)cc1.Cc1nc(C)c(F)c(=O)[nH]1.Cc1nc(C)c(F)c(Cl)n1.Cc1nc(C)c(F)c(Cl)n1.Cc1nc(C)c(F)c(N[C@@H](C)c2ccc(C(=O)O)cc2)n1.Cl.N/C(=N\O)C1CC1.O.O=P(Cl)(Cl)Cl.S.S.S.[Li+].[OH-]. The topological polar surface area (TPSA) is 519 Å². The van der Waals surface area contributed by atoms with Gasteiger partial charge >= 0.3 is 47.9 Å². The van der Waals surface area contributed by atoms with E-state index in [-0.39, 0.29) is 170 Å². The molecule has 8 aromatic rings. The van der Waals surface area contributed by atoms with Crippen LogP contribution in [0.1, 0.15) is 178 Å². The van der Waals surface area contributed by atoms with Gasteiger partial charge in [0, 0.05) is 12.0 Å². The second-order valence-electron chi connectivity index (χ2n) is 23.3. The predicted molar refractivity (Wildman–Crippen MR) is 461 cm³/mol. The standard InChI is InChI=1S/C16H18FN3O2.C15H16FN3O2.C10H13NO2.2C6H6ClFN2.C6H7FN2O.C6H9FO3.C4H8N2O.C2H6N2.Cl3OP.ClH.Li.2H2O.3H2S/c1-9(12-5-7-13(8-6-12)16(21)22-4)19-15-14(17)10(2)18-11(3)20-15;1-8(11-4-6-12(7-5-11)15(20)21)18-14-13(16)9(2)17-10(3)19-14;1-7(11)8-3-5-9(6-4-8)10(12)13-2;2*1-3-5(8)6(7)10-4(2)9-3;1-3-5(7)6(10)9-4(2)8-3;1-3-10-6(9)5(7)4(2)8;5-4(6-7)3-1-2-3;1-2(3)4;1-5(2,3)4;;;;;;;/h5-9H,1-4H3,(H,18,19,20);4-8H,1-3H3,(H,20,21)(H,17,18,19);3-7H,11H2,1-2H3;2*1-2H3;1-2H3,(H,8,9,10);5H,3H2,1-2H3;3,7H,1-2H2,(H2,5,6);1H3,(H3,3,4);;1H;;5*1H2/q;;;;;;;;;;;+1;;;;;/p-1/t9-;8-;7-;;;;;;;;;;;;;;/m000............../s1. The molecular formula is C71H99Cl6F6LiN17O14PS3. The van der Waals surface area contributed by atoms with E-state index in [0.29, 0.717) is 63.4 Å². The summed E-state index contributed by atoms with van der Waals surface area (Å²) >= 11 is 24.6. The van der Waals surface area contributed by atoms with Crippen molar-refractivity contribution in [3.05, 3.63) is 214 Å². The monoisotopic (exact) mass is 1870 g/mol. The number of aromatic amines is 1. The maximum Gasteiger partial charge on any atom is 1.00 e. The number of hydrogen-bond donors (Lipinski definition) is 9. The second kappa shape index (κ2) is 63.8. The van der Waals surface area contributed by atoms with Crippen LogP contribution in [-0.4, -0.2) is 139 Å². The van der Waals surface area contributed by atoms with Crippen molar-refractivity contribution >= 4 is 168 Å². The first-order chi connectivity index (χ1) is 51.9. The molecule has 3 aromatic carbocycles. The van der Waals surface area contributed by atoms with Crippen LogP contribution in [0.15, 0.2) is 82.7 Å². The number of carbonyl (C=O) groups is 5. The molecule has 0 spiro atoms. The summed E-state index contributed by atoms with van der Waals surface area (Å²) in [5, 5.41) is 28.6. The molecule has 48 heteroatoms. The quantitative estimate of drug-likeness (QED) is 0.00417. The fourth-order valence-corrected chi connectivity index (χ4v) is 8.53. The molecule has 119 heavy (non-hydrogen) atoms. The number of aromatic carboxylic acids is 1. The van der Waals surface area contributed by atoms with Crippen LogP contribution in [-0.2, 0) is 28.4 Å². The van der Waals surface area contributed by atoms with Crippen LogP contribution in [0.3, 0.4) is 0 Å². The number of hydrogen-bond acceptors (Lipinski definition) is 26. The fraction of sp³-hybridized carbons (Fsp3) is 0.366. The summed E-state index contributed by atoms with van der Waals surface area (Å²) in [7, 11) is 2.70. The minimum Gasteiger partial charge on any atom is -0.870 e. The first-order valence-corrected chi connectivity index (χ1v) is 38.0. The average molecular weight is 1880 g/mol. The predicted octanol–water partition coefficient (Wildman–Crippen LogP) is 12.2. The third-order valence-electron chi connectivity index (χ3n) is 13.6. The number of benzene rings is 3. The van der Waals surface area contributed by atoms with Crippen LogP contribution in [0.2, 0.25) is 10.3 Å². The van der Waals surface area contributed by atoms with Crippen molar-refractivity contribution in [3.8, 4) is 0 Å². The number of H-pyrrole nitrogens is 1. The molecule has 0 saturated heterocycles. The molecule has 5 aromatic heterocycles. The summed E-state index contributed by atoms with van der Waals surface area (Å²) in [5.41, 5.74) is 20.1. The molecule has 15 N–H and O–H groups in total. The Kier molecular flexibility index (Phi) is 67.7. The van der Waals surface area contributed by atoms with E-state index in [0.717, 1.165) is 36.5 Å². The first-order valence-electron chi connectivity index (χ1n) is 32.8. The van der Waals surface area contributed by atoms with E-state index in [1.54, 1.807) is 118 Å². The molecule has 4 atom stereocenters. The molecule has 660 valence electrons. The molecule has 0 bridgehead atoms. The number of Topliss-reactive ketones (excluding diaryl/α,β-unsaturated/α-hetero) is 1. The number of nitrogens with two attached hydrogens (primary N) is 3. The minimum absolute atomic E-state index is 0. The Balaban J connectivity index is -0.000000197. The number of aryl methyl sites for hydroxylation is 10. The second-order valence-corrected chi connectivity index (χ2v) is 30.6. The van der Waals surface area contributed by atoms with E-state index in [9.17, 15) is 59.7 Å². The Morgan fingerprint density at radius 3 is 1.14 bits per heavy atom. The molecule has 1 aliphatic carbocycles. The number of anilines is 2. The van der Waals surface area contributed by atoms with Gasteiger partial charge in [-0.05, 0) is 210 Å². The molecule has 1 unspecified atom stereocenters. The maximum absolute atomic E-state index is 14.0. The van der Waals surface area contributed by atoms with Crippen molar-refractivity contribution in [2.24, 2.45) is 28.3 Å². The molecule has 1 aliphatic rings. The number of rotatable bonds is 14. The number of carbonyl (C=O) groups excluding carboxylic acids is 4. The number of amidine groups is 2. The Labute approximate surface area is 748 Å². The molecule has 5 heterocycles. The Hall–Kier alpha value is -8.17. The molecule has 0 radical (unpaired) electrons. The van der Waals surface area contributed by atoms with Crippen LogP contribution in [0.25, 0.3) is 0 Å². The third-order valence-corrected chi connectivity index (χ3v) is 14.1. The van der Waals surface area contributed by atoms with Gasteiger partial charge in [0.2, 0.25) is 5.82 Å². The van der Waals surface area contributed by atoms with Crippen molar-refractivity contribution in [3.63, 3.8) is 0 Å². The molecule has 1 fully saturated rings. The summed E-state index contributed by atoms with van der Waals surface area (Å²) in [6, 6.07) is 20.1. The largest absolute Gasteiger partial charge is 1.00 e. The number of ketones is 1. The number of nitrogens with one attached hydrogen (secondary N) is 4. The number of nitrogens with zero attached hydrogens (tertiary/aromatic N) is 10. The van der Waals surface area contributed by atoms with Gasteiger partial charge in [0.1, 0.15) is 35.0 Å². The van der Waals surface area contributed by atoms with E-state index in [4.69, 9.17) is 56.1 Å². The molecule has 0 aliphatic heterocycles. The Morgan fingerprint density at radius 2 is 0.891 bits per heavy atom. The van der Waals surface area contributed by atoms with Gasteiger partial charge in [-0.1, -0.05) is 64.8 Å². The number of halogens is 12. The Morgan fingerprint density at radius 1 is 0.597 bits per heavy atom. The third kappa shape index (κ3) is 51.3. The van der Waals surface area contributed by atoms with Crippen molar-refractivity contribution < 1.29 is 109 Å². The van der Waals surface area contributed by atoms with Gasteiger partial charge < -0.3 is 68.3 Å². The van der Waals surface area contributed by atoms with Crippen LogP contribution in [0.4, 0.5) is 38.0 Å². The van der Waals surface area contributed by atoms with Gasteiger partial charge in [-0.15, -0.1) is 12.4 Å². The minimum atomic E-state index is -3.22. The summed E-state index contributed by atoms with van der Waals surface area (Å²) in [4.78, 5) is 101. The van der Waals surface area contributed by atoms with Crippen LogP contribution >= 0.6 is 115 Å². The number of carboxylic acid groups (broad SMARTS) is 1. The zero-order valence-electron chi connectivity index (χ0n) is 68.1. The molecule has 9 rings (SSSR count). The van der Waals surface area contributed by atoms with Crippen molar-refractivity contribution in [1.82, 2.24) is 49.8 Å². The number of ether oxygens (including phenoxy) is 3. The van der Waals surface area contributed by atoms with Gasteiger partial charge in [-0.3, -0.25) is 19.6 Å². The van der Waals surface area contributed by atoms with Crippen LogP contribution in [0, 0.1) is 110 Å². The summed E-state index contributed by atoms with van der Waals surface area (Å²) in [6.45, 7) is 25.9. The smallest absolute Gasteiger partial charge is 0.870 e. The number of alkyl halides is 1. The zero-order chi connectivity index (χ0) is 86.4. The normalized spacial score (nSPS) is 11.2. The Bertz CT molecular complexity index is 4510. The van der Waals surface area contributed by atoms with E-state index in [2.05, 4.69) is 114 Å². The van der Waals surface area contributed by atoms with Crippen molar-refractivity contribution in [1.29, 1.82) is 5.41 Å². The van der Waals surface area contributed by atoms with Crippen molar-refractivity contribution in [2.45, 2.75) is 148 Å². The number of carboxylic acids is 1. The first kappa shape index (κ1) is 126. The maximum atomic E-state index is 14.0. The zero-order valence-corrected chi connectivity index (χ0v) is 76.6. The van der Waals surface area contributed by atoms with Gasteiger partial charge in [0.05, 0.1) is 83.9 Å². The summed E-state index contributed by atoms with van der Waals surface area (Å²) in [5.74, 6) is -2.73. The van der Waals surface area contributed by atoms with Gasteiger partial charge in [-0.25, -0.2) is 86.0 Å². The number of esters is 3. The van der Waals surface area contributed by atoms with Gasteiger partial charge in [0.25, 0.3) is 11.7 Å². The molecule has 0 amide bonds. The molecular weight excluding hydrogens is 1780 g/mol. The molecule has 1 saturated carbocycles. The van der Waals surface area contributed by atoms with Gasteiger partial charge in [-0.2, -0.15) is 44.9 Å². The number of oxime groups is 1. The summed E-state index contributed by atoms with van der Waals surface area (Å²) < 4.78 is 101. The number of methoxy groups -OCH3 is 2. The molecule has 31 nitrogen and oxygen atoms in total.